The molecule has 1 aliphatic heterocycles. The van der Waals surface area contributed by atoms with E-state index in [1.165, 1.54) is 0 Å². The number of ether oxygens (including phenoxy) is 1. The molecule has 0 saturated heterocycles. The molecule has 0 N–H and O–H groups in total. The Morgan fingerprint density at radius 3 is 2.45 bits per heavy atom. The van der Waals surface area contributed by atoms with Crippen LogP contribution in [0.5, 0.6) is 0 Å². The molecule has 33 heavy (non-hydrogen) atoms. The number of hydrogen-bond donors (Lipinski definition) is 0. The second-order valence-corrected chi connectivity index (χ2v) is 7.86. The average molecular weight is 444 g/mol. The summed E-state index contributed by atoms with van der Waals surface area (Å²) in [5.41, 5.74) is 2.30. The minimum atomic E-state index is -0.648. The molecule has 1 heterocycles. The van der Waals surface area contributed by atoms with Crippen LogP contribution in [0, 0.1) is 6.92 Å². The van der Waals surface area contributed by atoms with Crippen LogP contribution in [0.2, 0.25) is 0 Å². The van der Waals surface area contributed by atoms with Crippen molar-refractivity contribution in [1.82, 2.24) is 4.90 Å². The summed E-state index contributed by atoms with van der Waals surface area (Å²) >= 11 is 0. The monoisotopic (exact) mass is 444 g/mol. The second-order valence-electron chi connectivity index (χ2n) is 7.86. The molecule has 0 atom stereocenters. The molecule has 3 amide bonds. The third-order valence-corrected chi connectivity index (χ3v) is 5.70. The van der Waals surface area contributed by atoms with Gasteiger partial charge in [-0.2, -0.15) is 0 Å². The molecule has 3 aromatic carbocycles. The Morgan fingerprint density at radius 2 is 1.67 bits per heavy atom. The van der Waals surface area contributed by atoms with Gasteiger partial charge in [0, 0.05) is 18.5 Å². The number of hydrogen-bond acceptors (Lipinski definition) is 5. The summed E-state index contributed by atoms with van der Waals surface area (Å²) in [6, 6.07) is 18.5. The molecule has 0 fully saturated rings. The summed E-state index contributed by atoms with van der Waals surface area (Å²) in [6.45, 7) is 3.59. The maximum absolute atomic E-state index is 12.8. The molecule has 0 saturated carbocycles. The molecular formula is C26H24N2O5. The minimum Gasteiger partial charge on any atom is -0.455 e. The Bertz CT molecular complexity index is 1260. The molecule has 1 aliphatic rings. The van der Waals surface area contributed by atoms with Crippen LogP contribution in [0.3, 0.4) is 0 Å². The molecule has 168 valence electrons. The molecule has 0 aliphatic carbocycles. The van der Waals surface area contributed by atoms with E-state index in [4.69, 9.17) is 4.74 Å². The highest BCUT2D eigenvalue weighted by molar-refractivity contribution is 6.21. The number of anilines is 1. The van der Waals surface area contributed by atoms with Gasteiger partial charge in [0.2, 0.25) is 0 Å². The van der Waals surface area contributed by atoms with E-state index in [1.54, 1.807) is 23.1 Å². The number of carbonyl (C=O) groups is 4. The molecule has 0 unspecified atom stereocenters. The molecule has 7 nitrogen and oxygen atoms in total. The topological polar surface area (TPSA) is 84.0 Å². The number of fused-ring (bicyclic) bond motifs is 2. The van der Waals surface area contributed by atoms with E-state index in [0.29, 0.717) is 17.7 Å². The van der Waals surface area contributed by atoms with E-state index < -0.39 is 24.4 Å². The summed E-state index contributed by atoms with van der Waals surface area (Å²) in [4.78, 5) is 52.7. The zero-order valence-electron chi connectivity index (χ0n) is 18.5. The lowest BCUT2D eigenvalue weighted by molar-refractivity contribution is -0.147. The van der Waals surface area contributed by atoms with Crippen molar-refractivity contribution in [3.05, 3.63) is 77.4 Å². The highest BCUT2D eigenvalue weighted by Gasteiger charge is 2.35. The molecule has 0 spiro atoms. The number of nitrogens with zero attached hydrogens (tertiary/aromatic N) is 2. The number of likely N-dealkylation sites (N-methyl/N-ethyl adjacent to an activating group) is 1. The lowest BCUT2D eigenvalue weighted by Crippen LogP contribution is -2.35. The molecular weight excluding hydrogens is 420 g/mol. The minimum absolute atomic E-state index is 0.0980. The summed E-state index contributed by atoms with van der Waals surface area (Å²) in [7, 11) is 0. The molecule has 4 rings (SSSR count). The van der Waals surface area contributed by atoms with E-state index in [-0.39, 0.29) is 18.9 Å². The van der Waals surface area contributed by atoms with Gasteiger partial charge in [0.15, 0.2) is 6.61 Å². The van der Waals surface area contributed by atoms with Crippen molar-refractivity contribution in [2.75, 3.05) is 24.6 Å². The van der Waals surface area contributed by atoms with Crippen molar-refractivity contribution in [3.63, 3.8) is 0 Å². The first-order chi connectivity index (χ1) is 15.9. The van der Waals surface area contributed by atoms with Crippen LogP contribution < -0.4 is 4.90 Å². The van der Waals surface area contributed by atoms with Crippen molar-refractivity contribution in [3.8, 4) is 0 Å². The maximum Gasteiger partial charge on any atom is 0.308 e. The molecule has 0 aromatic heterocycles. The zero-order chi connectivity index (χ0) is 23.5. The van der Waals surface area contributed by atoms with Crippen LogP contribution in [0.15, 0.2) is 60.7 Å². The van der Waals surface area contributed by atoms with Gasteiger partial charge in [0.05, 0.1) is 23.2 Å². The van der Waals surface area contributed by atoms with Crippen LogP contribution in [0.25, 0.3) is 10.8 Å². The summed E-state index contributed by atoms with van der Waals surface area (Å²) < 4.78 is 5.17. The van der Waals surface area contributed by atoms with Crippen LogP contribution in [-0.2, 0) is 14.3 Å². The quantitative estimate of drug-likeness (QED) is 0.410. The average Bonchev–Trinajstić information content (AvgIpc) is 3.05. The third-order valence-electron chi connectivity index (χ3n) is 5.70. The van der Waals surface area contributed by atoms with Gasteiger partial charge in [-0.1, -0.05) is 48.0 Å². The third kappa shape index (κ3) is 4.35. The van der Waals surface area contributed by atoms with Crippen molar-refractivity contribution in [1.29, 1.82) is 0 Å². The second kappa shape index (κ2) is 9.24. The lowest BCUT2D eigenvalue weighted by atomic mass is 10.1. The van der Waals surface area contributed by atoms with Crippen LogP contribution in [-0.4, -0.2) is 48.3 Å². The first-order valence-electron chi connectivity index (χ1n) is 10.8. The van der Waals surface area contributed by atoms with Crippen LogP contribution in [0.4, 0.5) is 5.69 Å². The van der Waals surface area contributed by atoms with E-state index >= 15 is 0 Å². The summed E-state index contributed by atoms with van der Waals surface area (Å²) in [5.74, 6) is -1.84. The highest BCUT2D eigenvalue weighted by atomic mass is 16.5. The Hall–Kier alpha value is -4.00. The normalized spacial score (nSPS) is 12.7. The summed E-state index contributed by atoms with van der Waals surface area (Å²) in [5, 5.41) is 1.94. The molecule has 0 radical (unpaired) electrons. The zero-order valence-corrected chi connectivity index (χ0v) is 18.5. The van der Waals surface area contributed by atoms with E-state index in [1.807, 2.05) is 56.3 Å². The highest BCUT2D eigenvalue weighted by Crippen LogP contribution is 2.27. The van der Waals surface area contributed by atoms with Crippen LogP contribution >= 0.6 is 0 Å². The number of carbonyl (C=O) groups excluding carboxylic acids is 4. The SMILES string of the molecule is CCN(C(=O)COC(=O)CCN1C(=O)c2ccc(C)cc2C1=O)c1cccc2ccccc12. The molecule has 7 heteroatoms. The van der Waals surface area contributed by atoms with Gasteiger partial charge >= 0.3 is 5.97 Å². The Balaban J connectivity index is 1.35. The smallest absolute Gasteiger partial charge is 0.308 e. The van der Waals surface area contributed by atoms with E-state index in [2.05, 4.69) is 0 Å². The molecule has 0 bridgehead atoms. The fourth-order valence-corrected chi connectivity index (χ4v) is 4.03. The number of esters is 1. The van der Waals surface area contributed by atoms with Gasteiger partial charge < -0.3 is 9.64 Å². The predicted octanol–water partition coefficient (Wildman–Crippen LogP) is 3.73. The number of aryl methyl sites for hydroxylation is 1. The number of amides is 3. The van der Waals surface area contributed by atoms with Crippen molar-refractivity contribution >= 4 is 40.2 Å². The van der Waals surface area contributed by atoms with Gasteiger partial charge in [-0.05, 0) is 37.4 Å². The molecule has 3 aromatic rings. The van der Waals surface area contributed by atoms with Crippen molar-refractivity contribution in [2.45, 2.75) is 20.3 Å². The van der Waals surface area contributed by atoms with E-state index in [0.717, 1.165) is 26.9 Å². The van der Waals surface area contributed by atoms with Gasteiger partial charge in [-0.15, -0.1) is 0 Å². The van der Waals surface area contributed by atoms with Gasteiger partial charge in [0.25, 0.3) is 17.7 Å². The number of benzene rings is 3. The van der Waals surface area contributed by atoms with Crippen molar-refractivity contribution in [2.24, 2.45) is 0 Å². The first kappa shape index (κ1) is 22.2. The predicted molar refractivity (Wildman–Crippen MR) is 124 cm³/mol. The van der Waals surface area contributed by atoms with Gasteiger partial charge in [-0.25, -0.2) is 0 Å². The largest absolute Gasteiger partial charge is 0.455 e. The number of rotatable bonds is 7. The summed E-state index contributed by atoms with van der Waals surface area (Å²) in [6.07, 6.45) is -0.182. The Morgan fingerprint density at radius 1 is 0.939 bits per heavy atom. The lowest BCUT2D eigenvalue weighted by Gasteiger charge is -2.22. The van der Waals surface area contributed by atoms with E-state index in [9.17, 15) is 19.2 Å². The number of imide groups is 1. The Kier molecular flexibility index (Phi) is 6.22. The standard InChI is InChI=1S/C26H24N2O5/c1-3-27(22-10-6-8-18-7-4-5-9-19(18)22)23(29)16-33-24(30)13-14-28-25(31)20-12-11-17(2)15-21(20)26(28)32/h4-12,15H,3,13-14,16H2,1-2H3. The fourth-order valence-electron chi connectivity index (χ4n) is 4.03. The fraction of sp³-hybridized carbons (Fsp3) is 0.231. The van der Waals surface area contributed by atoms with Gasteiger partial charge in [-0.3, -0.25) is 24.1 Å². The van der Waals surface area contributed by atoms with Gasteiger partial charge in [0.1, 0.15) is 0 Å². The van der Waals surface area contributed by atoms with Crippen molar-refractivity contribution < 1.29 is 23.9 Å². The Labute approximate surface area is 191 Å². The van der Waals surface area contributed by atoms with Crippen LogP contribution in [0.1, 0.15) is 39.6 Å². The maximum atomic E-state index is 12.8. The first-order valence-corrected chi connectivity index (χ1v) is 10.8.